The highest BCUT2D eigenvalue weighted by Gasteiger charge is 2.46. The van der Waals surface area contributed by atoms with Crippen LogP contribution in [0.3, 0.4) is 0 Å². The summed E-state index contributed by atoms with van der Waals surface area (Å²) < 4.78 is 0. The zero-order valence-corrected chi connectivity index (χ0v) is 38.9. The third-order valence-electron chi connectivity index (χ3n) is 14.0. The summed E-state index contributed by atoms with van der Waals surface area (Å²) in [5, 5.41) is 56.1. The Hall–Kier alpha value is -7.54. The second-order valence-corrected chi connectivity index (χ2v) is 17.7. The summed E-state index contributed by atoms with van der Waals surface area (Å²) >= 11 is 0. The van der Waals surface area contributed by atoms with Crippen molar-refractivity contribution in [2.75, 3.05) is 0 Å². The molecule has 70 heavy (non-hydrogen) atoms. The first kappa shape index (κ1) is 56.8. The molecule has 6 N–H and O–H groups in total. The van der Waals surface area contributed by atoms with E-state index >= 15 is 0 Å². The number of hydrogen-bond acceptors (Lipinski definition) is 10. The van der Waals surface area contributed by atoms with E-state index in [0.717, 1.165) is 94.6 Å². The fourth-order valence-corrected chi connectivity index (χ4v) is 10.4. The molecule has 4 aliphatic carbocycles. The van der Waals surface area contributed by atoms with Gasteiger partial charge in [0.05, 0.1) is 32.8 Å². The van der Waals surface area contributed by atoms with Crippen LogP contribution in [-0.4, -0.2) is 78.8 Å². The summed E-state index contributed by atoms with van der Waals surface area (Å²) in [7, 11) is 0. The van der Waals surface area contributed by atoms with Crippen LogP contribution in [0.15, 0.2) is 109 Å². The largest absolute Gasteiger partial charge is 0.481 e. The maximum absolute atomic E-state index is 11.7. The van der Waals surface area contributed by atoms with Crippen LogP contribution in [0.4, 0.5) is 0 Å². The molecule has 16 heteroatoms. The first-order valence-electron chi connectivity index (χ1n) is 23.2. The first-order valence-corrected chi connectivity index (χ1v) is 23.2. The van der Waals surface area contributed by atoms with Crippen molar-refractivity contribution >= 4 is 48.1 Å². The summed E-state index contributed by atoms with van der Waals surface area (Å²) in [6, 6.07) is 32.2. The lowest BCUT2D eigenvalue weighted by Crippen LogP contribution is -2.39. The molecule has 4 fully saturated rings. The van der Waals surface area contributed by atoms with Crippen LogP contribution in [0.25, 0.3) is 0 Å². The van der Waals surface area contributed by atoms with E-state index in [1.54, 1.807) is 36.4 Å². The van der Waals surface area contributed by atoms with Crippen molar-refractivity contribution in [3.63, 3.8) is 0 Å². The van der Waals surface area contributed by atoms with Gasteiger partial charge in [-0.15, -0.1) is 0 Å². The lowest BCUT2D eigenvalue weighted by molar-refractivity contribution is -0.193. The molecular weight excluding hydrogens is 905 g/mol. The van der Waals surface area contributed by atoms with E-state index in [9.17, 15) is 54.3 Å². The number of benzene rings is 4. The van der Waals surface area contributed by atoms with Crippen molar-refractivity contribution in [2.45, 2.75) is 137 Å². The number of carbonyl (C=O) groups is 6. The van der Waals surface area contributed by atoms with Gasteiger partial charge < -0.3 is 30.6 Å². The molecule has 0 spiro atoms. The highest BCUT2D eigenvalue weighted by molar-refractivity contribution is 5.94. The number of rotatable bonds is 10. The Balaban J connectivity index is 0.000000238. The van der Waals surface area contributed by atoms with Crippen LogP contribution >= 0.6 is 0 Å². The van der Waals surface area contributed by atoms with Gasteiger partial charge in [0.25, 0.3) is 0 Å². The molecule has 4 saturated carbocycles. The number of carbonyl (C=O) groups excluding carboxylic acids is 4. The van der Waals surface area contributed by atoms with E-state index in [1.807, 2.05) is 60.7 Å². The Morgan fingerprint density at radius 2 is 0.529 bits per heavy atom. The van der Waals surface area contributed by atoms with Gasteiger partial charge in [0.2, 0.25) is 0 Å². The molecule has 0 saturated heterocycles. The predicted molar refractivity (Wildman–Crippen MR) is 250 cm³/mol. The van der Waals surface area contributed by atoms with Crippen LogP contribution in [0.1, 0.15) is 159 Å². The zero-order valence-electron chi connectivity index (χ0n) is 38.9. The van der Waals surface area contributed by atoms with Crippen molar-refractivity contribution in [1.82, 2.24) is 0 Å². The molecule has 0 unspecified atom stereocenters. The highest BCUT2D eigenvalue weighted by atomic mass is 16.4. The van der Waals surface area contributed by atoms with Gasteiger partial charge in [0.15, 0.2) is 0 Å². The van der Waals surface area contributed by atoms with E-state index in [0.29, 0.717) is 36.8 Å². The van der Waals surface area contributed by atoms with Crippen molar-refractivity contribution in [2.24, 2.45) is 0 Å². The van der Waals surface area contributed by atoms with Crippen molar-refractivity contribution in [3.05, 3.63) is 143 Å². The van der Waals surface area contributed by atoms with Crippen molar-refractivity contribution in [1.29, 1.82) is 0 Å². The van der Waals surface area contributed by atoms with Crippen LogP contribution in [0, 0.1) is 0 Å². The maximum Gasteiger partial charge on any atom is 0.373 e. The number of aromatic carboxylic acids is 2. The third kappa shape index (κ3) is 13.8. The SMILES string of the molecule is O=C(O)C1(c2ccccc2)CCCC1.O=C(O)C1(c2ccccc2)CCCCC1.O=C(O)c1ccccc1C1(C(=O)O)CCCC1.O=C(O)c1ccccc1C1(C(=O)O)CCCCC1.O=C=O.O=C=O. The normalized spacial score (nSPS) is 17.4. The molecule has 0 bridgehead atoms. The Morgan fingerprint density at radius 1 is 0.314 bits per heavy atom. The van der Waals surface area contributed by atoms with Gasteiger partial charge in [0.1, 0.15) is 0 Å². The number of carboxylic acids is 6. The van der Waals surface area contributed by atoms with Crippen molar-refractivity contribution in [3.8, 4) is 0 Å². The first-order chi connectivity index (χ1) is 33.5. The monoisotopic (exact) mass is 964 g/mol. The van der Waals surface area contributed by atoms with Gasteiger partial charge >= 0.3 is 48.1 Å². The summed E-state index contributed by atoms with van der Waals surface area (Å²) in [5.74, 6) is -5.26. The number of carboxylic acid groups (broad SMARTS) is 6. The Bertz CT molecular complexity index is 2410. The van der Waals surface area contributed by atoms with Crippen LogP contribution in [0.5, 0.6) is 0 Å². The van der Waals surface area contributed by atoms with Gasteiger partial charge in [-0.1, -0.05) is 161 Å². The van der Waals surface area contributed by atoms with Gasteiger partial charge in [-0.05, 0) is 85.8 Å². The highest BCUT2D eigenvalue weighted by Crippen LogP contribution is 2.44. The molecule has 0 amide bonds. The number of aliphatic carboxylic acids is 4. The van der Waals surface area contributed by atoms with Gasteiger partial charge in [0, 0.05) is 0 Å². The Labute approximate surface area is 405 Å². The topological polar surface area (TPSA) is 292 Å². The minimum atomic E-state index is -1.06. The van der Waals surface area contributed by atoms with E-state index in [-0.39, 0.29) is 23.4 Å². The average Bonchev–Trinajstić information content (AvgIpc) is 4.09. The van der Waals surface area contributed by atoms with Crippen molar-refractivity contribution < 1.29 is 78.6 Å². The second-order valence-electron chi connectivity index (χ2n) is 17.7. The van der Waals surface area contributed by atoms with E-state index in [2.05, 4.69) is 0 Å². The third-order valence-corrected chi connectivity index (χ3v) is 14.0. The minimum absolute atomic E-state index is 0.108. The van der Waals surface area contributed by atoms with Crippen LogP contribution < -0.4 is 0 Å². The molecule has 4 aromatic rings. The average molecular weight is 965 g/mol. The lowest BCUT2D eigenvalue weighted by Gasteiger charge is -2.34. The molecule has 16 nitrogen and oxygen atoms in total. The molecule has 0 aliphatic heterocycles. The maximum atomic E-state index is 11.7. The molecule has 0 radical (unpaired) electrons. The van der Waals surface area contributed by atoms with Gasteiger partial charge in [-0.25, -0.2) is 9.59 Å². The summed E-state index contributed by atoms with van der Waals surface area (Å²) in [4.78, 5) is 101. The van der Waals surface area contributed by atoms with E-state index < -0.39 is 57.5 Å². The van der Waals surface area contributed by atoms with Crippen LogP contribution in [0.2, 0.25) is 0 Å². The summed E-state index contributed by atoms with van der Waals surface area (Å²) in [6.45, 7) is 0. The Kier molecular flexibility index (Phi) is 22.3. The van der Waals surface area contributed by atoms with Gasteiger partial charge in [-0.3, -0.25) is 19.2 Å². The molecule has 0 atom stereocenters. The fraction of sp³-hybridized carbons (Fsp3) is 0.407. The standard InChI is InChI=1S/C14H16O4.C13H14O4.C13H16O2.C12H14O2.2CO2/c15-12(16)10-6-2-3-7-11(10)14(13(17)18)8-4-1-5-9-14;14-11(15)9-5-1-2-6-10(9)13(12(16)17)7-3-4-8-13;14-12(15)13(9-5-2-6-10-13)11-7-3-1-4-8-11;13-11(14)12(8-4-5-9-12)10-6-2-1-3-7-10;2*2-1-3/h2-3,6-7H,1,4-5,8-9H2,(H,15,16)(H,17,18);1-2,5-6H,3-4,7-8H2,(H,14,15)(H,16,17);1,3-4,7-8H,2,5-6,9-10H2,(H,14,15);1-3,6-7H,4-5,8-9H2,(H,13,14);;. The lowest BCUT2D eigenvalue weighted by atomic mass is 9.68. The summed E-state index contributed by atoms with van der Waals surface area (Å²) in [5.41, 5.74) is -0.189. The number of hydrogen-bond donors (Lipinski definition) is 6. The van der Waals surface area contributed by atoms with E-state index in [4.69, 9.17) is 24.3 Å². The molecule has 4 aromatic carbocycles. The van der Waals surface area contributed by atoms with E-state index in [1.165, 1.54) is 18.6 Å². The fourth-order valence-electron chi connectivity index (χ4n) is 10.4. The molecule has 0 aromatic heterocycles. The summed E-state index contributed by atoms with van der Waals surface area (Å²) in [6.07, 6.45) is 15.4. The zero-order chi connectivity index (χ0) is 51.8. The molecule has 8 rings (SSSR count). The minimum Gasteiger partial charge on any atom is -0.481 e. The predicted octanol–water partition coefficient (Wildman–Crippen LogP) is 9.34. The van der Waals surface area contributed by atoms with Gasteiger partial charge in [-0.2, -0.15) is 19.2 Å². The Morgan fingerprint density at radius 3 is 0.771 bits per heavy atom. The molecule has 372 valence electrons. The molecular formula is C54H60O16. The second kappa shape index (κ2) is 27.5. The molecule has 4 aliphatic rings. The smallest absolute Gasteiger partial charge is 0.373 e. The quantitative estimate of drug-likeness (QED) is 0.0862. The molecule has 0 heterocycles. The van der Waals surface area contributed by atoms with Crippen LogP contribution in [-0.2, 0) is 60.0 Å².